The highest BCUT2D eigenvalue weighted by Crippen LogP contribution is 2.39. The van der Waals surface area contributed by atoms with Crippen molar-refractivity contribution >= 4 is 67.1 Å². The van der Waals surface area contributed by atoms with Crippen molar-refractivity contribution in [2.45, 2.75) is 16.7 Å². The molecule has 0 fully saturated rings. The van der Waals surface area contributed by atoms with E-state index in [1.165, 1.54) is 49.4 Å². The predicted octanol–water partition coefficient (Wildman–Crippen LogP) is 4.10. The number of aromatic hydroxyl groups is 1. The quantitative estimate of drug-likeness (QED) is 0.127. The molecule has 0 aliphatic heterocycles. The Morgan fingerprint density at radius 1 is 1.00 bits per heavy atom. The van der Waals surface area contributed by atoms with Gasteiger partial charge in [0.05, 0.1) is 31.8 Å². The number of phenols is 1. The molecule has 1 aliphatic carbocycles. The number of hydrogen-bond acceptors (Lipinski definition) is 11. The average Bonchev–Trinajstić information content (AvgIpc) is 2.88. The van der Waals surface area contributed by atoms with Crippen LogP contribution < -0.4 is 4.72 Å². The minimum Gasteiger partial charge on any atom is -0.507 e. The number of benzene rings is 3. The number of nitrogens with one attached hydrogen (secondary N) is 1. The Hall–Kier alpha value is -4.12. The van der Waals surface area contributed by atoms with Gasteiger partial charge in [-0.25, -0.2) is 16.8 Å². The van der Waals surface area contributed by atoms with Crippen LogP contribution in [0.15, 0.2) is 98.2 Å². The summed E-state index contributed by atoms with van der Waals surface area (Å²) in [6.45, 7) is 1.40. The first kappa shape index (κ1) is 28.9. The number of azo groups is 1. The van der Waals surface area contributed by atoms with Crippen molar-refractivity contribution in [3.8, 4) is 5.75 Å². The van der Waals surface area contributed by atoms with Crippen LogP contribution in [0.2, 0.25) is 0 Å². The van der Waals surface area contributed by atoms with Crippen LogP contribution in [0, 0.1) is 16.0 Å². The van der Waals surface area contributed by atoms with E-state index in [0.29, 0.717) is 0 Å². The smallest absolute Gasteiger partial charge is 0.288 e. The molecule has 0 aromatic heterocycles. The van der Waals surface area contributed by atoms with Gasteiger partial charge in [-0.05, 0) is 42.5 Å². The van der Waals surface area contributed by atoms with E-state index in [2.05, 4.69) is 15.0 Å². The van der Waals surface area contributed by atoms with E-state index in [9.17, 15) is 40.5 Å². The molecule has 1 unspecified atom stereocenters. The molecule has 0 amide bonds. The normalized spacial score (nSPS) is 16.1. The molecule has 2 N–H and O–H groups in total. The van der Waals surface area contributed by atoms with E-state index in [1.54, 1.807) is 0 Å². The molecule has 1 aliphatic rings. The third kappa shape index (κ3) is 5.74. The molecule has 0 saturated carbocycles. The van der Waals surface area contributed by atoms with Gasteiger partial charge >= 0.3 is 0 Å². The van der Waals surface area contributed by atoms with Crippen LogP contribution in [0.5, 0.6) is 5.75 Å². The first-order chi connectivity index (χ1) is 18.7. The van der Waals surface area contributed by atoms with Crippen LogP contribution >= 0.6 is 10.7 Å². The summed E-state index contributed by atoms with van der Waals surface area (Å²) < 4.78 is 75.4. The zero-order chi connectivity index (χ0) is 29.4. The van der Waals surface area contributed by atoms with Gasteiger partial charge in [-0.2, -0.15) is 18.6 Å². The van der Waals surface area contributed by atoms with Crippen molar-refractivity contribution in [3.05, 3.63) is 88.3 Å². The summed E-state index contributed by atoms with van der Waals surface area (Å²) in [7, 11) is -6.15. The van der Waals surface area contributed by atoms with E-state index >= 15 is 0 Å². The van der Waals surface area contributed by atoms with Gasteiger partial charge in [-0.15, -0.1) is 0 Å². The lowest BCUT2D eigenvalue weighted by Gasteiger charge is -2.15. The van der Waals surface area contributed by atoms with Crippen molar-refractivity contribution < 1.29 is 35.3 Å². The highest BCUT2D eigenvalue weighted by Gasteiger charge is 2.32. The van der Waals surface area contributed by atoms with Gasteiger partial charge in [0.1, 0.15) is 5.75 Å². The number of sulfonamides is 1. The maximum atomic E-state index is 13.2. The van der Waals surface area contributed by atoms with E-state index in [0.717, 1.165) is 24.3 Å². The molecule has 0 heterocycles. The fraction of sp³-hybridized carbons (Fsp3) is 0.0870. The van der Waals surface area contributed by atoms with Gasteiger partial charge in [-0.1, -0.05) is 25.1 Å². The number of phenolic OH excluding ortho intramolecular Hbond substituents is 1. The molecular formula is C23H17ClN4O9S3. The Balaban J connectivity index is 1.81. The Morgan fingerprint density at radius 3 is 2.33 bits per heavy atom. The van der Waals surface area contributed by atoms with Crippen LogP contribution in [-0.4, -0.2) is 40.1 Å². The Bertz CT molecular complexity index is 2030. The van der Waals surface area contributed by atoms with E-state index in [4.69, 9.17) is 10.7 Å². The van der Waals surface area contributed by atoms with Crippen molar-refractivity contribution in [2.75, 3.05) is 4.72 Å². The first-order valence-electron chi connectivity index (χ1n) is 11.0. The van der Waals surface area contributed by atoms with Crippen LogP contribution in [-0.2, 0) is 29.4 Å². The lowest BCUT2D eigenvalue weighted by Crippen LogP contribution is -2.23. The van der Waals surface area contributed by atoms with E-state index in [-0.39, 0.29) is 33.6 Å². The SMILES string of the molecule is CC1C(N=Nc2ccc(O)c3cccc(NS(=O)(=O)c4cccc(S(=O)(=O)Cl)c4)c23)=CC=C([N+](=O)[O-])C1=S(=O)=O. The second-order valence-corrected chi connectivity index (χ2v) is 13.4. The summed E-state index contributed by atoms with van der Waals surface area (Å²) in [6.07, 6.45) is 2.23. The lowest BCUT2D eigenvalue weighted by atomic mass is 9.97. The number of anilines is 1. The molecule has 0 bridgehead atoms. The zero-order valence-electron chi connectivity index (χ0n) is 20.1. The lowest BCUT2D eigenvalue weighted by molar-refractivity contribution is -0.415. The number of allylic oxidation sites excluding steroid dienone is 4. The maximum absolute atomic E-state index is 13.2. The van der Waals surface area contributed by atoms with Gasteiger partial charge in [-0.3, -0.25) is 14.8 Å². The largest absolute Gasteiger partial charge is 0.507 e. The topological polar surface area (TPSA) is 203 Å². The van der Waals surface area contributed by atoms with E-state index in [1.807, 2.05) is 0 Å². The second kappa shape index (κ2) is 10.8. The highest BCUT2D eigenvalue weighted by atomic mass is 35.7. The number of hydrogen-bond donors (Lipinski definition) is 2. The zero-order valence-corrected chi connectivity index (χ0v) is 23.3. The first-order valence-corrected chi connectivity index (χ1v) is 15.8. The monoisotopic (exact) mass is 624 g/mol. The summed E-state index contributed by atoms with van der Waals surface area (Å²) in [5, 5.41) is 30.1. The molecule has 0 radical (unpaired) electrons. The summed E-state index contributed by atoms with van der Waals surface area (Å²) in [4.78, 5) is 9.11. The number of nitrogens with zero attached hydrogens (tertiary/aromatic N) is 3. The number of fused-ring (bicyclic) bond motifs is 1. The van der Waals surface area contributed by atoms with Crippen LogP contribution in [0.1, 0.15) is 6.92 Å². The van der Waals surface area contributed by atoms with Crippen molar-refractivity contribution in [2.24, 2.45) is 16.1 Å². The Labute approximate surface area is 233 Å². The Kier molecular flexibility index (Phi) is 7.80. The highest BCUT2D eigenvalue weighted by molar-refractivity contribution is 8.13. The number of nitro groups is 1. The fourth-order valence-corrected chi connectivity index (χ4v) is 6.61. The average molecular weight is 625 g/mol. The molecule has 40 heavy (non-hydrogen) atoms. The fourth-order valence-electron chi connectivity index (χ4n) is 3.90. The minimum absolute atomic E-state index is 0.0457. The number of rotatable bonds is 7. The maximum Gasteiger partial charge on any atom is 0.288 e. The third-order valence-electron chi connectivity index (χ3n) is 5.79. The second-order valence-electron chi connectivity index (χ2n) is 8.27. The predicted molar refractivity (Wildman–Crippen MR) is 147 cm³/mol. The van der Waals surface area contributed by atoms with Crippen molar-refractivity contribution in [1.29, 1.82) is 0 Å². The molecule has 1 atom stereocenters. The van der Waals surface area contributed by atoms with Gasteiger partial charge in [0, 0.05) is 33.4 Å². The molecular weight excluding hydrogens is 608 g/mol. The van der Waals surface area contributed by atoms with E-state index < -0.39 is 60.6 Å². The molecule has 3 aromatic rings. The van der Waals surface area contributed by atoms with Gasteiger partial charge in [0.2, 0.25) is 10.3 Å². The summed E-state index contributed by atoms with van der Waals surface area (Å²) in [5.74, 6) is -1.23. The van der Waals surface area contributed by atoms with Crippen LogP contribution in [0.3, 0.4) is 0 Å². The summed E-state index contributed by atoms with van der Waals surface area (Å²) >= 11 is 0. The molecule has 13 nitrogen and oxygen atoms in total. The standard InChI is InChI=1S/C23H17ClN4O9S3/c1-13-17(8-10-20(28(30)31)23(13)38(32)33)25-26-18-9-11-21(29)16-6-3-7-19(22(16)18)27-40(36,37)15-5-2-4-14(12-15)39(24,34)35/h2-13,27,29H,1H3. The molecule has 0 saturated heterocycles. The molecule has 4 rings (SSSR count). The van der Waals surface area contributed by atoms with Gasteiger partial charge < -0.3 is 5.11 Å². The molecule has 17 heteroatoms. The van der Waals surface area contributed by atoms with Gasteiger partial charge in [0.15, 0.2) is 4.86 Å². The van der Waals surface area contributed by atoms with Crippen LogP contribution in [0.25, 0.3) is 10.8 Å². The van der Waals surface area contributed by atoms with Crippen molar-refractivity contribution in [3.63, 3.8) is 0 Å². The van der Waals surface area contributed by atoms with Crippen molar-refractivity contribution in [1.82, 2.24) is 0 Å². The third-order valence-corrected chi connectivity index (χ3v) is 9.42. The minimum atomic E-state index is -4.37. The number of halogens is 1. The summed E-state index contributed by atoms with van der Waals surface area (Å²) in [5.41, 5.74) is -0.512. The van der Waals surface area contributed by atoms with Gasteiger partial charge in [0.25, 0.3) is 24.8 Å². The summed E-state index contributed by atoms with van der Waals surface area (Å²) in [6, 6.07) is 11.3. The molecule has 208 valence electrons. The molecule has 0 spiro atoms. The molecule has 3 aromatic carbocycles. The Morgan fingerprint density at radius 2 is 1.68 bits per heavy atom. The van der Waals surface area contributed by atoms with Crippen LogP contribution in [0.4, 0.5) is 11.4 Å².